The molecule has 3 nitrogen and oxygen atoms in total. The van der Waals surface area contributed by atoms with Crippen LogP contribution in [0.1, 0.15) is 5.56 Å². The number of hydrogen-bond donors (Lipinski definition) is 1. The van der Waals surface area contributed by atoms with Crippen LogP contribution in [0.2, 0.25) is 9.36 Å². The van der Waals surface area contributed by atoms with Gasteiger partial charge >= 0.3 is 0 Å². The Kier molecular flexibility index (Phi) is 4.47. The highest BCUT2D eigenvalue weighted by molar-refractivity contribution is 9.10. The van der Waals surface area contributed by atoms with Crippen LogP contribution >= 0.6 is 50.5 Å². The summed E-state index contributed by atoms with van der Waals surface area (Å²) in [4.78, 5) is 0. The fraction of sp³-hybridized carbons (Fsp3) is 0.0909. The molecule has 0 saturated carbocycles. The average molecular weight is 401 g/mol. The zero-order valence-electron chi connectivity index (χ0n) is 9.58. The van der Waals surface area contributed by atoms with Gasteiger partial charge in [0, 0.05) is 9.50 Å². The van der Waals surface area contributed by atoms with E-state index in [4.69, 9.17) is 23.2 Å². The summed E-state index contributed by atoms with van der Waals surface area (Å²) < 4.78 is 28.0. The Morgan fingerprint density at radius 2 is 1.95 bits per heavy atom. The molecule has 0 atom stereocenters. The van der Waals surface area contributed by atoms with E-state index in [1.54, 1.807) is 12.1 Å². The summed E-state index contributed by atoms with van der Waals surface area (Å²) in [7, 11) is -3.65. The van der Waals surface area contributed by atoms with Crippen molar-refractivity contribution in [3.63, 3.8) is 0 Å². The molecule has 0 aliphatic rings. The van der Waals surface area contributed by atoms with Gasteiger partial charge in [-0.3, -0.25) is 4.72 Å². The number of rotatable bonds is 3. The number of benzene rings is 1. The first-order chi connectivity index (χ1) is 8.79. The highest BCUT2D eigenvalue weighted by Gasteiger charge is 2.18. The first-order valence-corrected chi connectivity index (χ1v) is 8.88. The molecular weight excluding hydrogens is 393 g/mol. The number of nitrogens with one attached hydrogen (secondary N) is 1. The van der Waals surface area contributed by atoms with E-state index in [1.807, 2.05) is 6.92 Å². The zero-order valence-corrected chi connectivity index (χ0v) is 14.3. The summed E-state index contributed by atoms with van der Waals surface area (Å²) in [5.74, 6) is 0. The smallest absolute Gasteiger partial charge is 0.271 e. The summed E-state index contributed by atoms with van der Waals surface area (Å²) >= 11 is 16.0. The maximum Gasteiger partial charge on any atom is 0.271 e. The number of thiophene rings is 1. The number of hydrogen-bond acceptors (Lipinski definition) is 3. The van der Waals surface area contributed by atoms with Crippen LogP contribution in [0.4, 0.5) is 5.69 Å². The monoisotopic (exact) mass is 399 g/mol. The molecule has 19 heavy (non-hydrogen) atoms. The molecule has 1 aromatic carbocycles. The Labute approximate surface area is 133 Å². The molecule has 0 amide bonds. The highest BCUT2D eigenvalue weighted by atomic mass is 79.9. The molecule has 0 aliphatic carbocycles. The number of sulfonamides is 1. The van der Waals surface area contributed by atoms with Gasteiger partial charge in [0.15, 0.2) is 0 Å². The first-order valence-electron chi connectivity index (χ1n) is 5.03. The summed E-state index contributed by atoms with van der Waals surface area (Å²) in [5.41, 5.74) is 1.25. The minimum atomic E-state index is -3.65. The van der Waals surface area contributed by atoms with E-state index in [2.05, 4.69) is 20.7 Å². The molecule has 1 N–H and O–H groups in total. The third-order valence-electron chi connectivity index (χ3n) is 2.31. The van der Waals surface area contributed by atoms with Crippen molar-refractivity contribution in [2.45, 2.75) is 11.1 Å². The first kappa shape index (κ1) is 15.1. The minimum Gasteiger partial charge on any atom is -0.278 e. The second-order valence-electron chi connectivity index (χ2n) is 3.75. The van der Waals surface area contributed by atoms with Crippen molar-refractivity contribution in [1.29, 1.82) is 0 Å². The van der Waals surface area contributed by atoms with Crippen LogP contribution in [0.25, 0.3) is 0 Å². The molecule has 2 rings (SSSR count). The molecular formula is C11H8BrCl2NO2S2. The lowest BCUT2D eigenvalue weighted by atomic mass is 10.2. The van der Waals surface area contributed by atoms with Gasteiger partial charge in [0.25, 0.3) is 10.0 Å². The van der Waals surface area contributed by atoms with E-state index >= 15 is 0 Å². The lowest BCUT2D eigenvalue weighted by Gasteiger charge is -2.10. The number of halogens is 3. The highest BCUT2D eigenvalue weighted by Crippen LogP contribution is 2.32. The van der Waals surface area contributed by atoms with E-state index in [9.17, 15) is 8.42 Å². The summed E-state index contributed by atoms with van der Waals surface area (Å²) in [6.07, 6.45) is 0. The molecule has 0 spiro atoms. The van der Waals surface area contributed by atoms with E-state index in [-0.39, 0.29) is 4.21 Å². The minimum absolute atomic E-state index is 0.154. The lowest BCUT2D eigenvalue weighted by Crippen LogP contribution is -2.12. The van der Waals surface area contributed by atoms with Crippen molar-refractivity contribution in [2.75, 3.05) is 4.72 Å². The van der Waals surface area contributed by atoms with Gasteiger partial charge < -0.3 is 0 Å². The summed E-state index contributed by atoms with van der Waals surface area (Å²) in [6.45, 7) is 1.84. The van der Waals surface area contributed by atoms with Crippen molar-refractivity contribution in [2.24, 2.45) is 0 Å². The normalized spacial score (nSPS) is 11.6. The van der Waals surface area contributed by atoms with Gasteiger partial charge in [0.2, 0.25) is 0 Å². The topological polar surface area (TPSA) is 46.2 Å². The third kappa shape index (κ3) is 3.44. The van der Waals surface area contributed by atoms with Gasteiger partial charge in [-0.15, -0.1) is 11.3 Å². The van der Waals surface area contributed by atoms with Crippen LogP contribution in [0.5, 0.6) is 0 Å². The Hall–Kier alpha value is -0.270. The van der Waals surface area contributed by atoms with Gasteiger partial charge in [-0.2, -0.15) is 0 Å². The van der Waals surface area contributed by atoms with Crippen LogP contribution in [-0.4, -0.2) is 8.42 Å². The zero-order chi connectivity index (χ0) is 14.2. The average Bonchev–Trinajstić information content (AvgIpc) is 2.73. The second-order valence-corrected chi connectivity index (χ2v) is 8.63. The van der Waals surface area contributed by atoms with Gasteiger partial charge in [-0.25, -0.2) is 8.42 Å². The van der Waals surface area contributed by atoms with Gasteiger partial charge in [0.1, 0.15) is 4.21 Å². The van der Waals surface area contributed by atoms with Gasteiger partial charge in [-0.1, -0.05) is 23.2 Å². The second kappa shape index (κ2) is 5.61. The predicted octanol–water partition coefficient (Wildman–Crippen LogP) is 4.93. The quantitative estimate of drug-likeness (QED) is 0.793. The van der Waals surface area contributed by atoms with Crippen molar-refractivity contribution in [3.05, 3.63) is 43.7 Å². The van der Waals surface area contributed by atoms with E-state index in [0.29, 0.717) is 19.5 Å². The largest absolute Gasteiger partial charge is 0.278 e. The fourth-order valence-corrected chi connectivity index (χ4v) is 4.77. The Balaban J connectivity index is 2.38. The molecule has 8 heteroatoms. The maximum absolute atomic E-state index is 12.1. The molecule has 1 aromatic heterocycles. The van der Waals surface area contributed by atoms with Crippen molar-refractivity contribution in [1.82, 2.24) is 0 Å². The molecule has 0 aliphatic heterocycles. The van der Waals surface area contributed by atoms with Crippen LogP contribution in [-0.2, 0) is 10.0 Å². The molecule has 0 unspecified atom stereocenters. The summed E-state index contributed by atoms with van der Waals surface area (Å²) in [6, 6.07) is 6.31. The molecule has 0 bridgehead atoms. The molecule has 1 heterocycles. The molecule has 102 valence electrons. The van der Waals surface area contributed by atoms with E-state index in [1.165, 1.54) is 12.1 Å². The van der Waals surface area contributed by atoms with Gasteiger partial charge in [-0.05, 0) is 52.7 Å². The van der Waals surface area contributed by atoms with E-state index in [0.717, 1.165) is 16.9 Å². The Bertz CT molecular complexity index is 728. The fourth-order valence-electron chi connectivity index (χ4n) is 1.36. The standard InChI is InChI=1S/C11H8BrCl2NO2S2/c1-6-4-7(12)9(5-8(6)13)15-19(16,17)11-3-2-10(14)18-11/h2-5,15H,1H3. The van der Waals surface area contributed by atoms with E-state index < -0.39 is 10.0 Å². The Morgan fingerprint density at radius 3 is 2.53 bits per heavy atom. The molecule has 0 saturated heterocycles. The predicted molar refractivity (Wildman–Crippen MR) is 84.0 cm³/mol. The van der Waals surface area contributed by atoms with Crippen molar-refractivity contribution in [3.8, 4) is 0 Å². The molecule has 0 fully saturated rings. The molecule has 0 radical (unpaired) electrons. The van der Waals surface area contributed by atoms with Crippen LogP contribution < -0.4 is 4.72 Å². The van der Waals surface area contributed by atoms with Crippen molar-refractivity contribution < 1.29 is 8.42 Å². The van der Waals surface area contributed by atoms with Crippen LogP contribution in [0.15, 0.2) is 32.9 Å². The lowest BCUT2D eigenvalue weighted by molar-refractivity contribution is 0.603. The number of anilines is 1. The van der Waals surface area contributed by atoms with Crippen LogP contribution in [0.3, 0.4) is 0 Å². The van der Waals surface area contributed by atoms with Crippen molar-refractivity contribution >= 4 is 66.2 Å². The van der Waals surface area contributed by atoms with Gasteiger partial charge in [0.05, 0.1) is 10.0 Å². The summed E-state index contributed by atoms with van der Waals surface area (Å²) in [5, 5.41) is 0.491. The SMILES string of the molecule is Cc1cc(Br)c(NS(=O)(=O)c2ccc(Cl)s2)cc1Cl. The maximum atomic E-state index is 12.1. The third-order valence-corrected chi connectivity index (χ3v) is 6.46. The molecule has 2 aromatic rings. The van der Waals surface area contributed by atoms with Crippen LogP contribution in [0, 0.1) is 6.92 Å². The number of aryl methyl sites for hydroxylation is 1. The Morgan fingerprint density at radius 1 is 1.26 bits per heavy atom.